The van der Waals surface area contributed by atoms with Crippen LogP contribution in [0.25, 0.3) is 0 Å². The van der Waals surface area contributed by atoms with E-state index in [1.54, 1.807) is 0 Å². The lowest BCUT2D eigenvalue weighted by Crippen LogP contribution is -2.14. The number of carbonyl (C=O) groups is 1. The van der Waals surface area contributed by atoms with Gasteiger partial charge in [-0.15, -0.1) is 0 Å². The molecule has 110 valence electrons. The first-order valence-corrected chi connectivity index (χ1v) is 7.72. The molecule has 1 amide bonds. The van der Waals surface area contributed by atoms with Crippen molar-refractivity contribution in [3.05, 3.63) is 64.1 Å². The van der Waals surface area contributed by atoms with Gasteiger partial charge in [-0.05, 0) is 41.3 Å². The molecule has 0 spiro atoms. The first-order chi connectivity index (χ1) is 10.1. The van der Waals surface area contributed by atoms with Crippen LogP contribution < -0.4 is 11.1 Å². The maximum atomic E-state index is 12.1. The third-order valence-electron chi connectivity index (χ3n) is 3.38. The van der Waals surface area contributed by atoms with Gasteiger partial charge in [-0.1, -0.05) is 47.1 Å². The predicted molar refractivity (Wildman–Crippen MR) is 90.1 cm³/mol. The molecule has 0 aliphatic rings. The highest BCUT2D eigenvalue weighted by atomic mass is 79.9. The fraction of sp³-hybridized carbons (Fsp3) is 0.235. The number of hydrogen-bond donors (Lipinski definition) is 2. The van der Waals surface area contributed by atoms with E-state index in [-0.39, 0.29) is 11.8 Å². The second kappa shape index (κ2) is 7.38. The largest absolute Gasteiger partial charge is 0.326 e. The molecule has 0 radical (unpaired) electrons. The van der Waals surface area contributed by atoms with Crippen LogP contribution in [-0.4, -0.2) is 5.91 Å². The van der Waals surface area contributed by atoms with Crippen molar-refractivity contribution in [1.29, 1.82) is 0 Å². The Balaban J connectivity index is 1.96. The lowest BCUT2D eigenvalue weighted by molar-refractivity contribution is -0.116. The third kappa shape index (κ3) is 4.69. The van der Waals surface area contributed by atoms with Gasteiger partial charge in [0.15, 0.2) is 0 Å². The summed E-state index contributed by atoms with van der Waals surface area (Å²) >= 11 is 3.41. The van der Waals surface area contributed by atoms with Gasteiger partial charge in [0.05, 0.1) is 0 Å². The number of carbonyl (C=O) groups excluding carboxylic acids is 1. The van der Waals surface area contributed by atoms with Crippen LogP contribution in [0.2, 0.25) is 0 Å². The van der Waals surface area contributed by atoms with E-state index in [0.717, 1.165) is 21.3 Å². The molecular weight excluding hydrogens is 328 g/mol. The Morgan fingerprint density at radius 1 is 1.24 bits per heavy atom. The molecule has 1 unspecified atom stereocenters. The van der Waals surface area contributed by atoms with Crippen LogP contribution in [0, 0.1) is 0 Å². The second-order valence-corrected chi connectivity index (χ2v) is 6.03. The molecule has 0 saturated carbocycles. The molecule has 4 heteroatoms. The highest BCUT2D eigenvalue weighted by Crippen LogP contribution is 2.22. The van der Waals surface area contributed by atoms with E-state index >= 15 is 0 Å². The van der Waals surface area contributed by atoms with Gasteiger partial charge in [0.2, 0.25) is 5.91 Å². The Bertz CT molecular complexity index is 610. The summed E-state index contributed by atoms with van der Waals surface area (Å²) < 4.78 is 1.04. The molecule has 21 heavy (non-hydrogen) atoms. The Labute approximate surface area is 133 Å². The fourth-order valence-electron chi connectivity index (χ4n) is 2.18. The van der Waals surface area contributed by atoms with Crippen molar-refractivity contribution in [2.45, 2.75) is 25.8 Å². The van der Waals surface area contributed by atoms with E-state index in [0.29, 0.717) is 13.0 Å². The van der Waals surface area contributed by atoms with Crippen LogP contribution in [0.1, 0.15) is 30.4 Å². The maximum absolute atomic E-state index is 12.1. The number of hydrogen-bond acceptors (Lipinski definition) is 2. The summed E-state index contributed by atoms with van der Waals surface area (Å²) in [6, 6.07) is 15.7. The zero-order chi connectivity index (χ0) is 15.2. The summed E-state index contributed by atoms with van der Waals surface area (Å²) in [6.07, 6.45) is 0.453. The molecule has 3 nitrogen and oxygen atoms in total. The molecule has 0 aromatic heterocycles. The molecule has 0 saturated heterocycles. The van der Waals surface area contributed by atoms with Crippen molar-refractivity contribution in [3.63, 3.8) is 0 Å². The van der Waals surface area contributed by atoms with Gasteiger partial charge >= 0.3 is 0 Å². The van der Waals surface area contributed by atoms with E-state index in [1.807, 2.05) is 48.5 Å². The standard InChI is InChI=1S/C17H19BrN2O/c1-12(14-5-7-15(18)8-6-14)9-17(21)20-16-4-2-3-13(10-16)11-19/h2-8,10,12H,9,11,19H2,1H3,(H,20,21). The summed E-state index contributed by atoms with van der Waals surface area (Å²) in [4.78, 5) is 12.1. The molecular formula is C17H19BrN2O. The highest BCUT2D eigenvalue weighted by Gasteiger charge is 2.11. The van der Waals surface area contributed by atoms with Crippen LogP contribution >= 0.6 is 15.9 Å². The zero-order valence-corrected chi connectivity index (χ0v) is 13.6. The van der Waals surface area contributed by atoms with Gasteiger partial charge in [0, 0.05) is 23.1 Å². The van der Waals surface area contributed by atoms with Gasteiger partial charge in [0.25, 0.3) is 0 Å². The van der Waals surface area contributed by atoms with E-state index < -0.39 is 0 Å². The summed E-state index contributed by atoms with van der Waals surface area (Å²) in [5.41, 5.74) is 8.56. The van der Waals surface area contributed by atoms with Crippen molar-refractivity contribution < 1.29 is 4.79 Å². The van der Waals surface area contributed by atoms with Gasteiger partial charge in [-0.2, -0.15) is 0 Å². The molecule has 3 N–H and O–H groups in total. The number of halogens is 1. The average molecular weight is 347 g/mol. The maximum Gasteiger partial charge on any atom is 0.224 e. The van der Waals surface area contributed by atoms with Crippen LogP contribution in [0.4, 0.5) is 5.69 Å². The quantitative estimate of drug-likeness (QED) is 0.858. The Kier molecular flexibility index (Phi) is 5.53. The zero-order valence-electron chi connectivity index (χ0n) is 12.0. The van der Waals surface area contributed by atoms with E-state index in [9.17, 15) is 4.79 Å². The molecule has 1 atom stereocenters. The van der Waals surface area contributed by atoms with E-state index in [4.69, 9.17) is 5.73 Å². The van der Waals surface area contributed by atoms with Crippen LogP contribution in [0.5, 0.6) is 0 Å². The molecule has 0 fully saturated rings. The third-order valence-corrected chi connectivity index (χ3v) is 3.91. The molecule has 0 aliphatic heterocycles. The minimum Gasteiger partial charge on any atom is -0.326 e. The first-order valence-electron chi connectivity index (χ1n) is 6.93. The molecule has 2 aromatic carbocycles. The SMILES string of the molecule is CC(CC(=O)Nc1cccc(CN)c1)c1ccc(Br)cc1. The number of rotatable bonds is 5. The number of nitrogens with one attached hydrogen (secondary N) is 1. The predicted octanol–water partition coefficient (Wildman–Crippen LogP) is 4.04. The van der Waals surface area contributed by atoms with Crippen molar-refractivity contribution in [2.75, 3.05) is 5.32 Å². The molecule has 0 bridgehead atoms. The lowest BCUT2D eigenvalue weighted by atomic mass is 9.97. The molecule has 2 rings (SSSR count). The number of anilines is 1. The number of amides is 1. The van der Waals surface area contributed by atoms with Crippen molar-refractivity contribution >= 4 is 27.5 Å². The van der Waals surface area contributed by atoms with Crippen molar-refractivity contribution in [2.24, 2.45) is 5.73 Å². The summed E-state index contributed by atoms with van der Waals surface area (Å²) in [5, 5.41) is 2.92. The normalized spacial score (nSPS) is 12.0. The molecule has 2 aromatic rings. The minimum absolute atomic E-state index is 0.0135. The van der Waals surface area contributed by atoms with Gasteiger partial charge in [0.1, 0.15) is 0 Å². The van der Waals surface area contributed by atoms with Gasteiger partial charge in [-0.3, -0.25) is 4.79 Å². The van der Waals surface area contributed by atoms with Crippen LogP contribution in [0.3, 0.4) is 0 Å². The second-order valence-electron chi connectivity index (χ2n) is 5.11. The Hall–Kier alpha value is -1.65. The first kappa shape index (κ1) is 15.7. The minimum atomic E-state index is 0.0135. The van der Waals surface area contributed by atoms with Crippen LogP contribution in [0.15, 0.2) is 53.0 Å². The van der Waals surface area contributed by atoms with E-state index in [1.165, 1.54) is 0 Å². The van der Waals surface area contributed by atoms with Gasteiger partial charge in [-0.25, -0.2) is 0 Å². The van der Waals surface area contributed by atoms with E-state index in [2.05, 4.69) is 28.2 Å². The Morgan fingerprint density at radius 3 is 2.62 bits per heavy atom. The highest BCUT2D eigenvalue weighted by molar-refractivity contribution is 9.10. The molecule has 0 aliphatic carbocycles. The van der Waals surface area contributed by atoms with Crippen molar-refractivity contribution in [3.8, 4) is 0 Å². The monoisotopic (exact) mass is 346 g/mol. The summed E-state index contributed by atoms with van der Waals surface area (Å²) in [6.45, 7) is 2.53. The summed E-state index contributed by atoms with van der Waals surface area (Å²) in [7, 11) is 0. The fourth-order valence-corrected chi connectivity index (χ4v) is 2.44. The number of benzene rings is 2. The topological polar surface area (TPSA) is 55.1 Å². The van der Waals surface area contributed by atoms with Crippen LogP contribution in [-0.2, 0) is 11.3 Å². The number of nitrogens with two attached hydrogens (primary N) is 1. The smallest absolute Gasteiger partial charge is 0.224 e. The Morgan fingerprint density at radius 2 is 1.95 bits per heavy atom. The summed E-state index contributed by atoms with van der Waals surface area (Å²) in [5.74, 6) is 0.190. The average Bonchev–Trinajstić information content (AvgIpc) is 2.47. The lowest BCUT2D eigenvalue weighted by Gasteiger charge is -2.12. The molecule has 0 heterocycles. The van der Waals surface area contributed by atoms with Gasteiger partial charge < -0.3 is 11.1 Å². The van der Waals surface area contributed by atoms with Crippen molar-refractivity contribution in [1.82, 2.24) is 0 Å².